The molecule has 1 heterocycles. The van der Waals surface area contributed by atoms with Gasteiger partial charge in [-0.15, -0.1) is 0 Å². The van der Waals surface area contributed by atoms with E-state index in [1.165, 1.54) is 0 Å². The van der Waals surface area contributed by atoms with Crippen molar-refractivity contribution in [1.82, 2.24) is 0 Å². The number of carbonyl (C=O) groups excluding carboxylic acids is 1. The number of ketones is 1. The van der Waals surface area contributed by atoms with E-state index >= 15 is 0 Å². The molecule has 0 spiro atoms. The van der Waals surface area contributed by atoms with Crippen molar-refractivity contribution in [1.29, 1.82) is 0 Å². The number of benzene rings is 1. The maximum atomic E-state index is 12.2. The summed E-state index contributed by atoms with van der Waals surface area (Å²) >= 11 is 3.52. The van der Waals surface area contributed by atoms with Crippen LogP contribution in [0.2, 0.25) is 0 Å². The molecule has 20 heavy (non-hydrogen) atoms. The average molecular weight is 335 g/mol. The Balaban J connectivity index is 2.11. The monoisotopic (exact) mass is 334 g/mol. The van der Waals surface area contributed by atoms with Crippen LogP contribution in [0.4, 0.5) is 0 Å². The normalized spacial score (nSPS) is 18.1. The van der Waals surface area contributed by atoms with Crippen LogP contribution in [0.3, 0.4) is 0 Å². The van der Waals surface area contributed by atoms with Crippen LogP contribution in [0.5, 0.6) is 0 Å². The smallest absolute Gasteiger partial charge is 0.158 e. The van der Waals surface area contributed by atoms with Crippen LogP contribution >= 0.6 is 15.9 Å². The SMILES string of the molecule is C/C(Br)=C(/C=C/C(=O)C1CCOCC1)c1ccccc1. The first kappa shape index (κ1) is 15.2. The van der Waals surface area contributed by atoms with Gasteiger partial charge in [-0.05, 0) is 41.5 Å². The van der Waals surface area contributed by atoms with Crippen LogP contribution in [0.1, 0.15) is 25.3 Å². The molecular formula is C17H19BrO2. The molecule has 0 amide bonds. The van der Waals surface area contributed by atoms with E-state index in [4.69, 9.17) is 4.74 Å². The molecule has 0 bridgehead atoms. The van der Waals surface area contributed by atoms with E-state index in [0.29, 0.717) is 13.2 Å². The van der Waals surface area contributed by atoms with Crippen molar-refractivity contribution in [3.05, 3.63) is 52.5 Å². The molecule has 0 N–H and O–H groups in total. The predicted octanol–water partition coefficient (Wildman–Crippen LogP) is 4.36. The lowest BCUT2D eigenvalue weighted by Gasteiger charge is -2.19. The Morgan fingerprint density at radius 3 is 2.45 bits per heavy atom. The Morgan fingerprint density at radius 2 is 1.85 bits per heavy atom. The fourth-order valence-electron chi connectivity index (χ4n) is 2.31. The zero-order chi connectivity index (χ0) is 14.4. The summed E-state index contributed by atoms with van der Waals surface area (Å²) in [5, 5.41) is 0. The Kier molecular flexibility index (Phi) is 5.74. The van der Waals surface area contributed by atoms with Gasteiger partial charge >= 0.3 is 0 Å². The van der Waals surface area contributed by atoms with Crippen molar-refractivity contribution >= 4 is 27.3 Å². The predicted molar refractivity (Wildman–Crippen MR) is 85.7 cm³/mol. The quantitative estimate of drug-likeness (QED) is 0.603. The van der Waals surface area contributed by atoms with Gasteiger partial charge in [-0.1, -0.05) is 52.3 Å². The van der Waals surface area contributed by atoms with Crippen molar-refractivity contribution in [2.75, 3.05) is 13.2 Å². The largest absolute Gasteiger partial charge is 0.381 e. The molecule has 1 aliphatic heterocycles. The molecule has 1 saturated heterocycles. The van der Waals surface area contributed by atoms with E-state index in [1.807, 2.05) is 43.3 Å². The molecule has 106 valence electrons. The van der Waals surface area contributed by atoms with Gasteiger partial charge in [0.15, 0.2) is 5.78 Å². The summed E-state index contributed by atoms with van der Waals surface area (Å²) in [5.74, 6) is 0.322. The van der Waals surface area contributed by atoms with E-state index < -0.39 is 0 Å². The molecule has 2 nitrogen and oxygen atoms in total. The van der Waals surface area contributed by atoms with Crippen molar-refractivity contribution in [2.24, 2.45) is 5.92 Å². The zero-order valence-corrected chi connectivity index (χ0v) is 13.2. The minimum atomic E-state index is 0.118. The van der Waals surface area contributed by atoms with E-state index in [1.54, 1.807) is 6.08 Å². The van der Waals surface area contributed by atoms with E-state index in [2.05, 4.69) is 15.9 Å². The minimum Gasteiger partial charge on any atom is -0.381 e. The summed E-state index contributed by atoms with van der Waals surface area (Å²) in [7, 11) is 0. The van der Waals surface area contributed by atoms with Gasteiger partial charge in [0.25, 0.3) is 0 Å². The second kappa shape index (κ2) is 7.55. The van der Waals surface area contributed by atoms with Gasteiger partial charge in [-0.3, -0.25) is 4.79 Å². The van der Waals surface area contributed by atoms with E-state index in [0.717, 1.165) is 28.5 Å². The molecule has 0 radical (unpaired) electrons. The van der Waals surface area contributed by atoms with E-state index in [9.17, 15) is 4.79 Å². The summed E-state index contributed by atoms with van der Waals surface area (Å²) in [6.45, 7) is 3.39. The van der Waals surface area contributed by atoms with Crippen molar-refractivity contribution in [3.63, 3.8) is 0 Å². The van der Waals surface area contributed by atoms with Gasteiger partial charge in [-0.25, -0.2) is 0 Å². The molecule has 3 heteroatoms. The third-order valence-corrected chi connectivity index (χ3v) is 3.92. The highest BCUT2D eigenvalue weighted by Crippen LogP contribution is 2.24. The van der Waals surface area contributed by atoms with Crippen LogP contribution in [-0.2, 0) is 9.53 Å². The standard InChI is InChI=1S/C17H19BrO2/c1-13(18)16(14-5-3-2-4-6-14)7-8-17(19)15-9-11-20-12-10-15/h2-8,15H,9-12H2,1H3/b8-7+,16-13+. The summed E-state index contributed by atoms with van der Waals surface area (Å²) in [6.07, 6.45) is 5.29. The highest BCUT2D eigenvalue weighted by Gasteiger charge is 2.19. The van der Waals surface area contributed by atoms with Crippen LogP contribution in [-0.4, -0.2) is 19.0 Å². The highest BCUT2D eigenvalue weighted by molar-refractivity contribution is 9.11. The molecule has 1 aromatic rings. The summed E-state index contributed by atoms with van der Waals surface area (Å²) in [6, 6.07) is 10.1. The van der Waals surface area contributed by atoms with Crippen LogP contribution in [0, 0.1) is 5.92 Å². The van der Waals surface area contributed by atoms with Gasteiger partial charge in [0.2, 0.25) is 0 Å². The number of ether oxygens (including phenoxy) is 1. The second-order valence-electron chi connectivity index (χ2n) is 4.94. The van der Waals surface area contributed by atoms with Crippen molar-refractivity contribution in [3.8, 4) is 0 Å². The van der Waals surface area contributed by atoms with Crippen LogP contribution < -0.4 is 0 Å². The highest BCUT2D eigenvalue weighted by atomic mass is 79.9. The van der Waals surface area contributed by atoms with Gasteiger partial charge in [0.05, 0.1) is 0 Å². The van der Waals surface area contributed by atoms with Gasteiger partial charge in [-0.2, -0.15) is 0 Å². The second-order valence-corrected chi connectivity index (χ2v) is 6.13. The first-order chi connectivity index (χ1) is 9.68. The van der Waals surface area contributed by atoms with Gasteiger partial charge < -0.3 is 4.74 Å². The molecule has 1 aliphatic rings. The summed E-state index contributed by atoms with van der Waals surface area (Å²) in [4.78, 5) is 12.2. The number of rotatable bonds is 4. The van der Waals surface area contributed by atoms with Crippen LogP contribution in [0.15, 0.2) is 47.0 Å². The molecule has 0 aliphatic carbocycles. The fourth-order valence-corrected chi connectivity index (χ4v) is 2.67. The third-order valence-electron chi connectivity index (χ3n) is 3.49. The topological polar surface area (TPSA) is 26.3 Å². The summed E-state index contributed by atoms with van der Waals surface area (Å²) in [5.41, 5.74) is 2.16. The molecule has 0 saturated carbocycles. The first-order valence-corrected chi connectivity index (χ1v) is 7.69. The number of allylic oxidation sites excluding steroid dienone is 4. The zero-order valence-electron chi connectivity index (χ0n) is 11.6. The molecular weight excluding hydrogens is 316 g/mol. The lowest BCUT2D eigenvalue weighted by Crippen LogP contribution is -2.21. The Hall–Kier alpha value is -1.19. The lowest BCUT2D eigenvalue weighted by atomic mass is 9.94. The van der Waals surface area contributed by atoms with Gasteiger partial charge in [0, 0.05) is 19.1 Å². The maximum absolute atomic E-state index is 12.2. The first-order valence-electron chi connectivity index (χ1n) is 6.90. The van der Waals surface area contributed by atoms with E-state index in [-0.39, 0.29) is 11.7 Å². The fraction of sp³-hybridized carbons (Fsp3) is 0.353. The number of halogens is 1. The summed E-state index contributed by atoms with van der Waals surface area (Å²) < 4.78 is 6.32. The third kappa shape index (κ3) is 4.15. The van der Waals surface area contributed by atoms with Crippen molar-refractivity contribution in [2.45, 2.75) is 19.8 Å². The molecule has 2 rings (SSSR count). The Morgan fingerprint density at radius 1 is 1.20 bits per heavy atom. The van der Waals surface area contributed by atoms with Gasteiger partial charge in [0.1, 0.15) is 0 Å². The Labute approximate surface area is 128 Å². The molecule has 1 aromatic carbocycles. The maximum Gasteiger partial charge on any atom is 0.158 e. The molecule has 0 aromatic heterocycles. The average Bonchev–Trinajstić information content (AvgIpc) is 2.49. The molecule has 1 fully saturated rings. The Bertz CT molecular complexity index is 507. The number of hydrogen-bond donors (Lipinski definition) is 0. The number of hydrogen-bond acceptors (Lipinski definition) is 2. The van der Waals surface area contributed by atoms with Crippen molar-refractivity contribution < 1.29 is 9.53 Å². The minimum absolute atomic E-state index is 0.118. The molecule has 0 unspecified atom stereocenters. The number of carbonyl (C=O) groups is 1. The lowest BCUT2D eigenvalue weighted by molar-refractivity contribution is -0.120. The van der Waals surface area contributed by atoms with Crippen LogP contribution in [0.25, 0.3) is 5.57 Å². The molecule has 0 atom stereocenters.